The summed E-state index contributed by atoms with van der Waals surface area (Å²) in [7, 11) is 1.27. The van der Waals surface area contributed by atoms with E-state index in [4.69, 9.17) is 11.6 Å². The van der Waals surface area contributed by atoms with Crippen molar-refractivity contribution in [2.45, 2.75) is 6.42 Å². The van der Waals surface area contributed by atoms with E-state index in [0.29, 0.717) is 0 Å². The van der Waals surface area contributed by atoms with Gasteiger partial charge < -0.3 is 10.1 Å². The average Bonchev–Trinajstić information content (AvgIpc) is 2.32. The molecule has 1 aromatic carbocycles. The standard InChI is InChI=1S/C11H11ClFNO3/c1-17-10(15)4-5-14-11(16)7-2-3-9(13)8(12)6-7/h2-3,6H,4-5H2,1H3,(H,14,16). The first kappa shape index (κ1) is 13.4. The molecule has 0 aromatic heterocycles. The molecule has 0 atom stereocenters. The molecule has 0 heterocycles. The molecule has 1 rings (SSSR count). The Labute approximate surface area is 103 Å². The lowest BCUT2D eigenvalue weighted by Crippen LogP contribution is -2.26. The molecule has 0 aliphatic carbocycles. The predicted molar refractivity (Wildman–Crippen MR) is 60.4 cm³/mol. The number of nitrogens with one attached hydrogen (secondary N) is 1. The molecule has 0 saturated carbocycles. The first-order valence-electron chi connectivity index (χ1n) is 4.84. The summed E-state index contributed by atoms with van der Waals surface area (Å²) in [5.41, 5.74) is 0.237. The van der Waals surface area contributed by atoms with Crippen molar-refractivity contribution in [2.75, 3.05) is 13.7 Å². The second kappa shape index (κ2) is 6.20. The van der Waals surface area contributed by atoms with E-state index >= 15 is 0 Å². The van der Waals surface area contributed by atoms with E-state index in [-0.39, 0.29) is 23.6 Å². The molecule has 0 bridgehead atoms. The second-order valence-corrected chi connectivity index (χ2v) is 3.62. The first-order chi connectivity index (χ1) is 8.04. The number of carbonyl (C=O) groups is 2. The van der Waals surface area contributed by atoms with Crippen LogP contribution in [0.2, 0.25) is 5.02 Å². The lowest BCUT2D eigenvalue weighted by atomic mass is 10.2. The molecule has 0 aliphatic rings. The van der Waals surface area contributed by atoms with Gasteiger partial charge in [-0.3, -0.25) is 9.59 Å². The van der Waals surface area contributed by atoms with Gasteiger partial charge in [-0.1, -0.05) is 11.6 Å². The van der Waals surface area contributed by atoms with Gasteiger partial charge in [0, 0.05) is 12.1 Å². The maximum atomic E-state index is 12.8. The smallest absolute Gasteiger partial charge is 0.307 e. The van der Waals surface area contributed by atoms with Crippen molar-refractivity contribution in [3.8, 4) is 0 Å². The van der Waals surface area contributed by atoms with Crippen LogP contribution in [-0.2, 0) is 9.53 Å². The first-order valence-corrected chi connectivity index (χ1v) is 5.22. The summed E-state index contributed by atoms with van der Waals surface area (Å²) in [6.07, 6.45) is 0.0805. The fraction of sp³-hybridized carbons (Fsp3) is 0.273. The van der Waals surface area contributed by atoms with Crippen molar-refractivity contribution in [1.29, 1.82) is 0 Å². The molecule has 0 unspecified atom stereocenters. The summed E-state index contributed by atoms with van der Waals surface area (Å²) in [5, 5.41) is 2.37. The molecule has 1 amide bonds. The van der Waals surface area contributed by atoms with Gasteiger partial charge in [0.15, 0.2) is 0 Å². The molecule has 1 aromatic rings. The molecule has 17 heavy (non-hydrogen) atoms. The quantitative estimate of drug-likeness (QED) is 0.839. The van der Waals surface area contributed by atoms with Crippen molar-refractivity contribution >= 4 is 23.5 Å². The number of methoxy groups -OCH3 is 1. The molecule has 1 N–H and O–H groups in total. The van der Waals surface area contributed by atoms with Crippen molar-refractivity contribution in [3.05, 3.63) is 34.6 Å². The molecular formula is C11H11ClFNO3. The highest BCUT2D eigenvalue weighted by atomic mass is 35.5. The van der Waals surface area contributed by atoms with Crippen LogP contribution >= 0.6 is 11.6 Å². The van der Waals surface area contributed by atoms with Crippen LogP contribution in [0.4, 0.5) is 4.39 Å². The number of hydrogen-bond acceptors (Lipinski definition) is 3. The van der Waals surface area contributed by atoms with E-state index in [0.717, 1.165) is 6.07 Å². The zero-order valence-electron chi connectivity index (χ0n) is 9.13. The third-order valence-corrected chi connectivity index (χ3v) is 2.31. The van der Waals surface area contributed by atoms with Gasteiger partial charge >= 0.3 is 5.97 Å². The summed E-state index contributed by atoms with van der Waals surface area (Å²) >= 11 is 5.54. The van der Waals surface area contributed by atoms with Crippen LogP contribution in [-0.4, -0.2) is 25.5 Å². The molecular weight excluding hydrogens is 249 g/mol. The van der Waals surface area contributed by atoms with Gasteiger partial charge in [0.2, 0.25) is 0 Å². The van der Waals surface area contributed by atoms with E-state index in [2.05, 4.69) is 10.1 Å². The molecule has 0 saturated heterocycles. The van der Waals surface area contributed by atoms with Crippen molar-refractivity contribution in [3.63, 3.8) is 0 Å². The topological polar surface area (TPSA) is 55.4 Å². The molecule has 4 nitrogen and oxygen atoms in total. The normalized spacial score (nSPS) is 9.82. The summed E-state index contributed by atoms with van der Waals surface area (Å²) in [5.74, 6) is -1.42. The second-order valence-electron chi connectivity index (χ2n) is 3.21. The Balaban J connectivity index is 2.52. The van der Waals surface area contributed by atoms with E-state index in [9.17, 15) is 14.0 Å². The number of carbonyl (C=O) groups excluding carboxylic acids is 2. The molecule has 0 spiro atoms. The predicted octanol–water partition coefficient (Wildman–Crippen LogP) is 1.77. The highest BCUT2D eigenvalue weighted by molar-refractivity contribution is 6.31. The number of amides is 1. The average molecular weight is 260 g/mol. The Morgan fingerprint density at radius 2 is 2.18 bits per heavy atom. The zero-order valence-corrected chi connectivity index (χ0v) is 9.88. The number of halogens is 2. The molecule has 92 valence electrons. The molecule has 6 heteroatoms. The van der Waals surface area contributed by atoms with Gasteiger partial charge in [0.1, 0.15) is 5.82 Å². The van der Waals surface area contributed by atoms with Crippen LogP contribution in [0.5, 0.6) is 0 Å². The Hall–Kier alpha value is -1.62. The summed E-state index contributed by atoms with van der Waals surface area (Å²) < 4.78 is 17.3. The Kier molecular flexibility index (Phi) is 4.90. The summed E-state index contributed by atoms with van der Waals surface area (Å²) in [6, 6.07) is 3.65. The van der Waals surface area contributed by atoms with Gasteiger partial charge in [0.05, 0.1) is 18.6 Å². The lowest BCUT2D eigenvalue weighted by Gasteiger charge is -2.05. The van der Waals surface area contributed by atoms with Crippen LogP contribution in [0.25, 0.3) is 0 Å². The van der Waals surface area contributed by atoms with Gasteiger partial charge in [-0.05, 0) is 18.2 Å². The highest BCUT2D eigenvalue weighted by Gasteiger charge is 2.09. The number of esters is 1. The number of rotatable bonds is 4. The minimum absolute atomic E-state index is 0.0805. The Morgan fingerprint density at radius 1 is 1.47 bits per heavy atom. The van der Waals surface area contributed by atoms with Crippen molar-refractivity contribution < 1.29 is 18.7 Å². The van der Waals surface area contributed by atoms with Gasteiger partial charge in [0.25, 0.3) is 5.91 Å². The largest absolute Gasteiger partial charge is 0.469 e. The van der Waals surface area contributed by atoms with E-state index in [1.807, 2.05) is 0 Å². The summed E-state index contributed by atoms with van der Waals surface area (Å²) in [6.45, 7) is 0.153. The van der Waals surface area contributed by atoms with Gasteiger partial charge in [-0.15, -0.1) is 0 Å². The highest BCUT2D eigenvalue weighted by Crippen LogP contribution is 2.15. The van der Waals surface area contributed by atoms with E-state index in [1.54, 1.807) is 0 Å². The molecule has 0 aliphatic heterocycles. The van der Waals surface area contributed by atoms with Gasteiger partial charge in [-0.25, -0.2) is 4.39 Å². The van der Waals surface area contributed by atoms with Crippen molar-refractivity contribution in [1.82, 2.24) is 5.32 Å². The third-order valence-electron chi connectivity index (χ3n) is 2.02. The summed E-state index contributed by atoms with van der Waals surface area (Å²) in [4.78, 5) is 22.3. The maximum Gasteiger partial charge on any atom is 0.307 e. The van der Waals surface area contributed by atoms with Crippen LogP contribution in [0.15, 0.2) is 18.2 Å². The molecule has 0 radical (unpaired) electrons. The van der Waals surface area contributed by atoms with Gasteiger partial charge in [-0.2, -0.15) is 0 Å². The minimum atomic E-state index is -0.585. The number of benzene rings is 1. The Bertz CT molecular complexity index is 437. The van der Waals surface area contributed by atoms with Crippen LogP contribution in [0, 0.1) is 5.82 Å². The molecule has 0 fully saturated rings. The Morgan fingerprint density at radius 3 is 2.76 bits per heavy atom. The van der Waals surface area contributed by atoms with Crippen LogP contribution in [0.1, 0.15) is 16.8 Å². The fourth-order valence-corrected chi connectivity index (χ4v) is 1.30. The maximum absolute atomic E-state index is 12.8. The fourth-order valence-electron chi connectivity index (χ4n) is 1.12. The van der Waals surface area contributed by atoms with Crippen molar-refractivity contribution in [2.24, 2.45) is 0 Å². The number of hydrogen-bond donors (Lipinski definition) is 1. The van der Waals surface area contributed by atoms with Crippen LogP contribution < -0.4 is 5.32 Å². The van der Waals surface area contributed by atoms with E-state index < -0.39 is 17.7 Å². The lowest BCUT2D eigenvalue weighted by molar-refractivity contribution is -0.140. The SMILES string of the molecule is COC(=O)CCNC(=O)c1ccc(F)c(Cl)c1. The zero-order chi connectivity index (χ0) is 12.8. The monoisotopic (exact) mass is 259 g/mol. The minimum Gasteiger partial charge on any atom is -0.469 e. The number of ether oxygens (including phenoxy) is 1. The van der Waals surface area contributed by atoms with E-state index in [1.165, 1.54) is 19.2 Å². The van der Waals surface area contributed by atoms with Crippen LogP contribution in [0.3, 0.4) is 0 Å². The third kappa shape index (κ3) is 4.03.